The number of rotatable bonds is 7. The molecule has 2 aromatic rings. The highest BCUT2D eigenvalue weighted by Gasteiger charge is 2.22. The second kappa shape index (κ2) is 9.20. The van der Waals surface area contributed by atoms with Gasteiger partial charge in [0.2, 0.25) is 10.0 Å². The van der Waals surface area contributed by atoms with Crippen LogP contribution in [0.1, 0.15) is 16.7 Å². The number of hydrogen-bond acceptors (Lipinski definition) is 5. The van der Waals surface area contributed by atoms with Crippen LogP contribution in [0.25, 0.3) is 0 Å². The molecule has 1 N–H and O–H groups in total. The summed E-state index contributed by atoms with van der Waals surface area (Å²) >= 11 is 3.36. The number of sulfonamides is 1. The monoisotopic (exact) mass is 467 g/mol. The molecular weight excluding hydrogens is 446 g/mol. The van der Waals surface area contributed by atoms with E-state index in [2.05, 4.69) is 26.5 Å². The summed E-state index contributed by atoms with van der Waals surface area (Å²) in [6.45, 7) is 3.34. The summed E-state index contributed by atoms with van der Waals surface area (Å²) in [4.78, 5) is 12.3. The van der Waals surface area contributed by atoms with Gasteiger partial charge in [-0.05, 0) is 43.7 Å². The van der Waals surface area contributed by atoms with Gasteiger partial charge in [0.05, 0.1) is 25.3 Å². The summed E-state index contributed by atoms with van der Waals surface area (Å²) < 4.78 is 31.5. The van der Waals surface area contributed by atoms with Gasteiger partial charge in [0.1, 0.15) is 12.3 Å². The molecule has 0 saturated carbocycles. The number of nitrogens with zero attached hydrogens (tertiary/aromatic N) is 2. The summed E-state index contributed by atoms with van der Waals surface area (Å²) in [5.74, 6) is 0.0323. The minimum absolute atomic E-state index is 0.379. The fourth-order valence-electron chi connectivity index (χ4n) is 2.61. The molecule has 0 heterocycles. The van der Waals surface area contributed by atoms with Crippen molar-refractivity contribution in [3.05, 3.63) is 57.6 Å². The van der Waals surface area contributed by atoms with Crippen LogP contribution in [-0.4, -0.2) is 40.4 Å². The molecular formula is C19H22BrN3O4S. The van der Waals surface area contributed by atoms with Crippen LogP contribution in [0.3, 0.4) is 0 Å². The number of ether oxygens (including phenoxy) is 1. The molecule has 0 spiro atoms. The first-order valence-corrected chi connectivity index (χ1v) is 11.0. The van der Waals surface area contributed by atoms with E-state index < -0.39 is 15.9 Å². The van der Waals surface area contributed by atoms with E-state index in [0.29, 0.717) is 17.0 Å². The predicted molar refractivity (Wildman–Crippen MR) is 115 cm³/mol. The van der Waals surface area contributed by atoms with E-state index in [0.717, 1.165) is 26.2 Å². The van der Waals surface area contributed by atoms with Crippen LogP contribution in [-0.2, 0) is 14.8 Å². The van der Waals surface area contributed by atoms with Crippen LogP contribution in [0.4, 0.5) is 5.69 Å². The molecule has 0 radical (unpaired) electrons. The normalized spacial score (nSPS) is 11.5. The zero-order chi connectivity index (χ0) is 20.9. The fourth-order valence-corrected chi connectivity index (χ4v) is 3.90. The number of anilines is 1. The molecule has 2 rings (SSSR count). The Bertz CT molecular complexity index is 1010. The maximum atomic E-state index is 12.3. The molecule has 9 heteroatoms. The lowest BCUT2D eigenvalue weighted by atomic mass is 10.1. The van der Waals surface area contributed by atoms with Gasteiger partial charge in [0, 0.05) is 10.0 Å². The lowest BCUT2D eigenvalue weighted by Gasteiger charge is -2.23. The fraction of sp³-hybridized carbons (Fsp3) is 0.263. The van der Waals surface area contributed by atoms with Gasteiger partial charge in [-0.1, -0.05) is 33.6 Å². The summed E-state index contributed by atoms with van der Waals surface area (Å²) in [6.07, 6.45) is 2.50. The molecule has 28 heavy (non-hydrogen) atoms. The number of halogens is 1. The number of carbonyl (C=O) groups is 1. The SMILES string of the molecule is COc1ccc(Br)cc1/C=N\NC(=O)CN(c1ccc(C)cc1C)S(C)(=O)=O. The van der Waals surface area contributed by atoms with Crippen molar-refractivity contribution in [3.63, 3.8) is 0 Å². The van der Waals surface area contributed by atoms with Gasteiger partial charge < -0.3 is 4.74 Å². The van der Waals surface area contributed by atoms with Crippen molar-refractivity contribution in [2.24, 2.45) is 5.10 Å². The number of nitrogens with one attached hydrogen (secondary N) is 1. The molecule has 150 valence electrons. The van der Waals surface area contributed by atoms with Crippen LogP contribution in [0, 0.1) is 13.8 Å². The van der Waals surface area contributed by atoms with Crippen molar-refractivity contribution in [1.82, 2.24) is 5.43 Å². The largest absolute Gasteiger partial charge is 0.496 e. The molecule has 0 aliphatic heterocycles. The van der Waals surface area contributed by atoms with Gasteiger partial charge in [0.15, 0.2) is 0 Å². The van der Waals surface area contributed by atoms with Crippen LogP contribution >= 0.6 is 15.9 Å². The lowest BCUT2D eigenvalue weighted by Crippen LogP contribution is -2.39. The molecule has 0 bridgehead atoms. The van der Waals surface area contributed by atoms with Crippen LogP contribution in [0.5, 0.6) is 5.75 Å². The van der Waals surface area contributed by atoms with Crippen LogP contribution in [0.15, 0.2) is 46.0 Å². The quantitative estimate of drug-likeness (QED) is 0.500. The highest BCUT2D eigenvalue weighted by atomic mass is 79.9. The first kappa shape index (κ1) is 21.9. The number of hydrazone groups is 1. The third-order valence-electron chi connectivity index (χ3n) is 3.89. The summed E-state index contributed by atoms with van der Waals surface area (Å²) in [5.41, 5.74) is 5.25. The lowest BCUT2D eigenvalue weighted by molar-refractivity contribution is -0.119. The molecule has 0 aliphatic rings. The Kier molecular flexibility index (Phi) is 7.20. The Balaban J connectivity index is 2.16. The number of benzene rings is 2. The van der Waals surface area contributed by atoms with E-state index in [1.807, 2.05) is 19.1 Å². The second-order valence-electron chi connectivity index (χ2n) is 6.24. The maximum absolute atomic E-state index is 12.3. The first-order valence-electron chi connectivity index (χ1n) is 8.32. The number of aryl methyl sites for hydroxylation is 2. The molecule has 2 aromatic carbocycles. The minimum Gasteiger partial charge on any atom is -0.496 e. The van der Waals surface area contributed by atoms with E-state index in [4.69, 9.17) is 4.74 Å². The number of methoxy groups -OCH3 is 1. The molecule has 7 nitrogen and oxygen atoms in total. The Morgan fingerprint density at radius 1 is 1.25 bits per heavy atom. The summed E-state index contributed by atoms with van der Waals surface area (Å²) in [5, 5.41) is 3.91. The van der Waals surface area contributed by atoms with E-state index in [1.54, 1.807) is 31.2 Å². The van der Waals surface area contributed by atoms with E-state index in [9.17, 15) is 13.2 Å². The molecule has 1 amide bonds. The Labute approximate surface area is 173 Å². The summed E-state index contributed by atoms with van der Waals surface area (Å²) in [7, 11) is -2.11. The smallest absolute Gasteiger partial charge is 0.260 e. The van der Waals surface area contributed by atoms with E-state index in [1.165, 1.54) is 13.3 Å². The van der Waals surface area contributed by atoms with E-state index >= 15 is 0 Å². The molecule has 0 saturated heterocycles. The van der Waals surface area contributed by atoms with Gasteiger partial charge in [-0.15, -0.1) is 0 Å². The first-order chi connectivity index (χ1) is 13.1. The van der Waals surface area contributed by atoms with Crippen molar-refractivity contribution >= 4 is 43.8 Å². The summed E-state index contributed by atoms with van der Waals surface area (Å²) in [6, 6.07) is 10.7. The van der Waals surface area contributed by atoms with Gasteiger partial charge >= 0.3 is 0 Å². The predicted octanol–water partition coefficient (Wildman–Crippen LogP) is 2.99. The van der Waals surface area contributed by atoms with E-state index in [-0.39, 0.29) is 6.54 Å². The van der Waals surface area contributed by atoms with Crippen molar-refractivity contribution in [2.75, 3.05) is 24.2 Å². The van der Waals surface area contributed by atoms with Gasteiger partial charge in [-0.2, -0.15) is 5.10 Å². The van der Waals surface area contributed by atoms with Crippen molar-refractivity contribution in [1.29, 1.82) is 0 Å². The van der Waals surface area contributed by atoms with Crippen molar-refractivity contribution < 1.29 is 17.9 Å². The standard InChI is InChI=1S/C19H22BrN3O4S/c1-13-5-7-17(14(2)9-13)23(28(4,25)26)12-19(24)22-21-11-15-10-16(20)6-8-18(15)27-3/h5-11H,12H2,1-4H3,(H,22,24)/b21-11-. The van der Waals surface area contributed by atoms with Crippen molar-refractivity contribution in [3.8, 4) is 5.75 Å². The topological polar surface area (TPSA) is 88.1 Å². The molecule has 0 fully saturated rings. The third-order valence-corrected chi connectivity index (χ3v) is 5.51. The Hall–Kier alpha value is -2.39. The molecule has 0 aliphatic carbocycles. The van der Waals surface area contributed by atoms with Gasteiger partial charge in [-0.3, -0.25) is 9.10 Å². The highest BCUT2D eigenvalue weighted by Crippen LogP contribution is 2.23. The minimum atomic E-state index is -3.65. The molecule has 0 atom stereocenters. The van der Waals surface area contributed by atoms with Crippen LogP contribution in [0.2, 0.25) is 0 Å². The molecule has 0 aromatic heterocycles. The maximum Gasteiger partial charge on any atom is 0.260 e. The number of carbonyl (C=O) groups excluding carboxylic acids is 1. The van der Waals surface area contributed by atoms with Gasteiger partial charge in [-0.25, -0.2) is 13.8 Å². The molecule has 0 unspecified atom stereocenters. The zero-order valence-electron chi connectivity index (χ0n) is 16.1. The number of amides is 1. The highest BCUT2D eigenvalue weighted by molar-refractivity contribution is 9.10. The van der Waals surface area contributed by atoms with Gasteiger partial charge in [0.25, 0.3) is 5.91 Å². The second-order valence-corrected chi connectivity index (χ2v) is 9.06. The number of hydrogen-bond donors (Lipinski definition) is 1. The Morgan fingerprint density at radius 3 is 2.57 bits per heavy atom. The Morgan fingerprint density at radius 2 is 1.96 bits per heavy atom. The average Bonchev–Trinajstić information content (AvgIpc) is 2.59. The van der Waals surface area contributed by atoms with Crippen molar-refractivity contribution in [2.45, 2.75) is 13.8 Å². The third kappa shape index (κ3) is 5.80. The average molecular weight is 468 g/mol. The zero-order valence-corrected chi connectivity index (χ0v) is 18.5. The van der Waals surface area contributed by atoms with Crippen LogP contribution < -0.4 is 14.5 Å².